The van der Waals surface area contributed by atoms with E-state index in [0.717, 1.165) is 11.4 Å². The highest BCUT2D eigenvalue weighted by Crippen LogP contribution is 2.24. The van der Waals surface area contributed by atoms with Gasteiger partial charge in [-0.25, -0.2) is 0 Å². The molecule has 1 nitrogen and oxygen atoms in total. The summed E-state index contributed by atoms with van der Waals surface area (Å²) < 4.78 is 0.456. The molecule has 0 N–H and O–H groups in total. The molecule has 0 saturated heterocycles. The maximum Gasteiger partial charge on any atom is 0.100 e. The first kappa shape index (κ1) is 14.8. The zero-order chi connectivity index (χ0) is 12.3. The van der Waals surface area contributed by atoms with Gasteiger partial charge in [0.2, 0.25) is 0 Å². The number of hydrogen-bond donors (Lipinski definition) is 0. The van der Waals surface area contributed by atoms with Crippen LogP contribution < -0.4 is 0 Å². The Bertz CT molecular complexity index is 415. The van der Waals surface area contributed by atoms with Crippen molar-refractivity contribution in [1.29, 1.82) is 0 Å². The molecule has 0 saturated carbocycles. The smallest absolute Gasteiger partial charge is 0.100 e. The third-order valence-corrected chi connectivity index (χ3v) is 12.7. The lowest BCUT2D eigenvalue weighted by Crippen LogP contribution is -2.23. The van der Waals surface area contributed by atoms with Gasteiger partial charge in [-0.3, -0.25) is 4.99 Å². The topological polar surface area (TPSA) is 12.4 Å². The minimum atomic E-state index is -0.181. The lowest BCUT2D eigenvalue weighted by molar-refractivity contribution is 1.10. The second-order valence-electron chi connectivity index (χ2n) is 3.91. The van der Waals surface area contributed by atoms with Crippen LogP contribution in [0, 0.1) is 0 Å². The summed E-state index contributed by atoms with van der Waals surface area (Å²) in [6, 6.07) is 0. The van der Waals surface area contributed by atoms with Gasteiger partial charge in [-0.1, -0.05) is 23.3 Å². The monoisotopic (exact) mass is 311 g/mol. The van der Waals surface area contributed by atoms with Gasteiger partial charge in [0.15, 0.2) is 0 Å². The van der Waals surface area contributed by atoms with E-state index < -0.39 is 0 Å². The molecule has 0 bridgehead atoms. The first-order valence-electron chi connectivity index (χ1n) is 5.14. The number of allylic oxidation sites excluding steroid dienone is 1. The third-order valence-electron chi connectivity index (χ3n) is 2.33. The molecule has 0 aromatic heterocycles. The summed E-state index contributed by atoms with van der Waals surface area (Å²) in [5.41, 5.74) is 1.34. The molecule has 0 aromatic carbocycles. The van der Waals surface area contributed by atoms with Crippen molar-refractivity contribution >= 4 is 56.4 Å². The first-order chi connectivity index (χ1) is 7.49. The Morgan fingerprint density at radius 2 is 2.06 bits per heavy atom. The van der Waals surface area contributed by atoms with Crippen molar-refractivity contribution in [2.75, 3.05) is 0 Å². The van der Waals surface area contributed by atoms with Gasteiger partial charge in [0.25, 0.3) is 0 Å². The van der Waals surface area contributed by atoms with Crippen molar-refractivity contribution in [2.45, 2.75) is 43.9 Å². The molecule has 0 aliphatic carbocycles. The SMILES string of the molecule is CC1=C(S(=S)C(C)S(=S=S)C(C)C)N=CC1. The van der Waals surface area contributed by atoms with Crippen molar-refractivity contribution in [3.05, 3.63) is 10.6 Å². The molecular formula is C10H17NS5. The fraction of sp³-hybridized carbons (Fsp3) is 0.700. The predicted molar refractivity (Wildman–Crippen MR) is 87.2 cm³/mol. The molecule has 1 rings (SSSR count). The van der Waals surface area contributed by atoms with Crippen LogP contribution in [0.3, 0.4) is 0 Å². The molecule has 0 aromatic rings. The normalized spacial score (nSPS) is 21.3. The molecule has 92 valence electrons. The van der Waals surface area contributed by atoms with Crippen molar-refractivity contribution in [1.82, 2.24) is 0 Å². The minimum Gasteiger partial charge on any atom is -0.254 e. The Morgan fingerprint density at radius 3 is 2.44 bits per heavy atom. The maximum absolute atomic E-state index is 5.66. The summed E-state index contributed by atoms with van der Waals surface area (Å²) in [4.78, 5) is 4.44. The van der Waals surface area contributed by atoms with E-state index in [1.54, 1.807) is 8.88 Å². The maximum atomic E-state index is 5.66. The van der Waals surface area contributed by atoms with Gasteiger partial charge in [-0.2, -0.15) is 0 Å². The summed E-state index contributed by atoms with van der Waals surface area (Å²) in [7, 11) is 1.53. The summed E-state index contributed by atoms with van der Waals surface area (Å²) in [6.07, 6.45) is 2.94. The molecule has 1 aliphatic heterocycles. The fourth-order valence-corrected chi connectivity index (χ4v) is 11.6. The van der Waals surface area contributed by atoms with Crippen LogP contribution in [0.25, 0.3) is 0 Å². The largest absolute Gasteiger partial charge is 0.254 e. The summed E-state index contributed by atoms with van der Waals surface area (Å²) in [6.45, 7) is 8.82. The van der Waals surface area contributed by atoms with E-state index in [-0.39, 0.29) is 18.9 Å². The van der Waals surface area contributed by atoms with Crippen LogP contribution in [0.4, 0.5) is 0 Å². The van der Waals surface area contributed by atoms with Crippen LogP contribution in [-0.2, 0) is 50.2 Å². The molecule has 0 spiro atoms. The molecule has 0 radical (unpaired) electrons. The average molecular weight is 312 g/mol. The molecule has 0 fully saturated rings. The van der Waals surface area contributed by atoms with E-state index in [4.69, 9.17) is 22.4 Å². The summed E-state index contributed by atoms with van der Waals surface area (Å²) in [5.74, 6) is 0. The van der Waals surface area contributed by atoms with Crippen molar-refractivity contribution < 1.29 is 0 Å². The number of hydrogen-bond acceptors (Lipinski definition) is 3. The van der Waals surface area contributed by atoms with E-state index in [1.165, 1.54) is 5.57 Å². The van der Waals surface area contributed by atoms with Gasteiger partial charge >= 0.3 is 0 Å². The Balaban J connectivity index is 2.95. The van der Waals surface area contributed by atoms with E-state index in [2.05, 4.69) is 32.7 Å². The van der Waals surface area contributed by atoms with Crippen LogP contribution in [0.1, 0.15) is 34.1 Å². The van der Waals surface area contributed by atoms with Gasteiger partial charge < -0.3 is 0 Å². The van der Waals surface area contributed by atoms with Gasteiger partial charge in [0.05, 0.1) is 4.58 Å². The zero-order valence-electron chi connectivity index (χ0n) is 9.93. The molecule has 1 heterocycles. The molecular weight excluding hydrogens is 294 g/mol. The Kier molecular flexibility index (Phi) is 6.15. The molecule has 6 heteroatoms. The summed E-state index contributed by atoms with van der Waals surface area (Å²) in [5, 5.41) is 1.74. The molecule has 3 atom stereocenters. The van der Waals surface area contributed by atoms with Crippen molar-refractivity contribution in [3.8, 4) is 0 Å². The van der Waals surface area contributed by atoms with Crippen LogP contribution in [0.15, 0.2) is 15.6 Å². The highest BCUT2D eigenvalue weighted by molar-refractivity contribution is 8.52. The minimum absolute atomic E-state index is 0.163. The zero-order valence-corrected chi connectivity index (χ0v) is 14.0. The second kappa shape index (κ2) is 6.64. The number of aliphatic imine (C=N–C) groups is 1. The fourth-order valence-electron chi connectivity index (χ4n) is 1.45. The lowest BCUT2D eigenvalue weighted by atomic mass is 10.3. The van der Waals surface area contributed by atoms with Gasteiger partial charge in [-0.15, -0.1) is 9.45 Å². The van der Waals surface area contributed by atoms with E-state index in [9.17, 15) is 0 Å². The molecule has 3 unspecified atom stereocenters. The highest BCUT2D eigenvalue weighted by atomic mass is 33.1. The van der Waals surface area contributed by atoms with Crippen LogP contribution in [-0.4, -0.2) is 16.0 Å². The average Bonchev–Trinajstić information content (AvgIpc) is 2.63. The van der Waals surface area contributed by atoms with E-state index in [1.807, 2.05) is 6.21 Å². The molecule has 16 heavy (non-hydrogen) atoms. The standard InChI is InChI=1S/C10H17NS5/c1-7(2)16(14-12)9(4)15(13)10-8(3)5-6-11-10/h6-7,9H,5H2,1-4H3. The van der Waals surface area contributed by atoms with E-state index in [0.29, 0.717) is 9.83 Å². The van der Waals surface area contributed by atoms with Crippen molar-refractivity contribution in [2.24, 2.45) is 4.99 Å². The third kappa shape index (κ3) is 3.38. The van der Waals surface area contributed by atoms with Gasteiger partial charge in [0, 0.05) is 17.9 Å². The Labute approximate surface area is 115 Å². The highest BCUT2D eigenvalue weighted by Gasteiger charge is 2.20. The Hall–Kier alpha value is 0.770. The lowest BCUT2D eigenvalue weighted by Gasteiger charge is -2.20. The predicted octanol–water partition coefficient (Wildman–Crippen LogP) is 2.60. The van der Waals surface area contributed by atoms with Crippen molar-refractivity contribution in [3.63, 3.8) is 0 Å². The van der Waals surface area contributed by atoms with Crippen LogP contribution in [0.5, 0.6) is 0 Å². The first-order valence-corrected chi connectivity index (χ1v) is 11.0. The molecule has 0 amide bonds. The number of rotatable bonds is 4. The quantitative estimate of drug-likeness (QED) is 0.791. The second-order valence-corrected chi connectivity index (χ2v) is 12.2. The van der Waals surface area contributed by atoms with Gasteiger partial charge in [-0.05, 0) is 50.7 Å². The Morgan fingerprint density at radius 1 is 1.44 bits per heavy atom. The van der Waals surface area contributed by atoms with Crippen LogP contribution in [0.2, 0.25) is 0 Å². The van der Waals surface area contributed by atoms with Crippen LogP contribution >= 0.6 is 0 Å². The van der Waals surface area contributed by atoms with E-state index >= 15 is 0 Å². The van der Waals surface area contributed by atoms with Gasteiger partial charge in [0.1, 0.15) is 5.03 Å². The molecule has 1 aliphatic rings. The number of nitrogens with zero attached hydrogens (tertiary/aromatic N) is 1. The summed E-state index contributed by atoms with van der Waals surface area (Å²) >= 11 is 10.8.